The molecule has 0 unspecified atom stereocenters. The maximum atomic E-state index is 8.87. The average molecular weight is 1260 g/mol. The quantitative estimate of drug-likeness (QED) is 0.135. The van der Waals surface area contributed by atoms with Crippen LogP contribution in [0.2, 0.25) is 0 Å². The molecule has 2 aromatic heterocycles. The molecule has 0 radical (unpaired) electrons. The van der Waals surface area contributed by atoms with Crippen LogP contribution in [0.3, 0.4) is 0 Å². The van der Waals surface area contributed by atoms with Gasteiger partial charge in [0.15, 0.2) is 0 Å². The second-order valence-corrected chi connectivity index (χ2v) is 25.5. The summed E-state index contributed by atoms with van der Waals surface area (Å²) in [6, 6.07) is 65.8. The van der Waals surface area contributed by atoms with Crippen molar-refractivity contribution >= 4 is 44.6 Å². The molecule has 0 saturated heterocycles. The Morgan fingerprint density at radius 2 is 1.10 bits per heavy atom. The largest absolute Gasteiger partial charge is 0.509 e. The number of benzene rings is 9. The molecule has 11 aromatic rings. The number of anilines is 4. The Morgan fingerprint density at radius 3 is 1.82 bits per heavy atom. The molecule has 0 fully saturated rings. The van der Waals surface area contributed by atoms with Crippen molar-refractivity contribution < 1.29 is 32.7 Å². The van der Waals surface area contributed by atoms with Crippen molar-refractivity contribution in [2.24, 2.45) is 0 Å². The molecule has 1 aliphatic rings. The van der Waals surface area contributed by atoms with Crippen molar-refractivity contribution in [3.63, 3.8) is 0 Å². The molecule has 0 aliphatic carbocycles. The number of aromatic nitrogens is 2. The third kappa shape index (κ3) is 10.5. The number of ether oxygens (including phenoxy) is 1. The van der Waals surface area contributed by atoms with Crippen molar-refractivity contribution in [2.45, 2.75) is 105 Å². The average Bonchev–Trinajstić information content (AvgIpc) is 1.78. The van der Waals surface area contributed by atoms with Gasteiger partial charge in [0.2, 0.25) is 0 Å². The van der Waals surface area contributed by atoms with Gasteiger partial charge in [-0.2, -0.15) is 12.1 Å². The molecule has 0 amide bonds. The van der Waals surface area contributed by atoms with Crippen LogP contribution in [0.1, 0.15) is 112 Å². The van der Waals surface area contributed by atoms with Crippen LogP contribution in [-0.4, -0.2) is 9.55 Å². The van der Waals surface area contributed by atoms with Crippen LogP contribution >= 0.6 is 0 Å². The minimum atomic E-state index is -0.512. The second kappa shape index (κ2) is 21.4. The summed E-state index contributed by atoms with van der Waals surface area (Å²) in [6.07, 6.45) is 1.64. The summed E-state index contributed by atoms with van der Waals surface area (Å²) in [5, 5.41) is 1.95. The van der Waals surface area contributed by atoms with Gasteiger partial charge in [-0.05, 0) is 120 Å². The summed E-state index contributed by atoms with van der Waals surface area (Å²) in [5.41, 5.74) is 16.7. The van der Waals surface area contributed by atoms with Gasteiger partial charge in [-0.25, -0.2) is 4.98 Å². The molecule has 0 spiro atoms. The molecule has 1 aliphatic heterocycles. The Hall–Kier alpha value is -7.98. The van der Waals surface area contributed by atoms with Crippen LogP contribution in [-0.2, 0) is 42.7 Å². The topological polar surface area (TPSA) is 33.5 Å². The van der Waals surface area contributed by atoms with Gasteiger partial charge < -0.3 is 19.1 Å². The van der Waals surface area contributed by atoms with E-state index in [2.05, 4.69) is 250 Å². The minimum Gasteiger partial charge on any atom is -0.509 e. The van der Waals surface area contributed by atoms with E-state index >= 15 is 0 Å². The van der Waals surface area contributed by atoms with E-state index in [1.807, 2.05) is 36.4 Å². The molecule has 414 valence electrons. The SMILES string of the molecule is [2H]c1c([2H])c([2H])c(-c2cnc(-n3c4[c-]c(Oc5[c-]c(N6[CH-]N(c7c(-c8ccc(-c9ccccc9)c(C(C)(C)C)c8)cc(C(C)(C)C)cc7-c7ccccc7C(C)(C)C)c7ccccc76)ccc5)ccc4c4ccccc43)cc2C(C)(C)C)c([2H])c1[2H].[Pt]. The first-order chi connectivity index (χ1) is 40.8. The minimum absolute atomic E-state index is 0. The molecular weight excluding hydrogens is 1180 g/mol. The predicted octanol–water partition coefficient (Wildman–Crippen LogP) is 20.8. The first kappa shape index (κ1) is 49.8. The molecule has 0 atom stereocenters. The number of nitrogens with zero attached hydrogens (tertiary/aromatic N) is 4. The molecule has 82 heavy (non-hydrogen) atoms. The zero-order chi connectivity index (χ0) is 60.9. The third-order valence-corrected chi connectivity index (χ3v) is 15.6. The fourth-order valence-corrected chi connectivity index (χ4v) is 11.5. The van der Waals surface area contributed by atoms with Crippen LogP contribution in [0.4, 0.5) is 22.7 Å². The van der Waals surface area contributed by atoms with Gasteiger partial charge in [0.05, 0.1) is 6.85 Å². The molecule has 6 heteroatoms. The summed E-state index contributed by atoms with van der Waals surface area (Å²) >= 11 is 0. The Bertz CT molecular complexity index is 4460. The molecule has 12 rings (SSSR count). The van der Waals surface area contributed by atoms with Crippen molar-refractivity contribution in [1.82, 2.24) is 9.55 Å². The van der Waals surface area contributed by atoms with E-state index in [0.717, 1.165) is 66.8 Å². The number of rotatable bonds is 9. The Labute approximate surface area is 507 Å². The van der Waals surface area contributed by atoms with Gasteiger partial charge in [-0.1, -0.05) is 216 Å². The van der Waals surface area contributed by atoms with Crippen molar-refractivity contribution in [2.75, 3.05) is 9.80 Å². The number of hydrogen-bond donors (Lipinski definition) is 0. The van der Waals surface area contributed by atoms with Crippen LogP contribution < -0.4 is 14.5 Å². The number of fused-ring (bicyclic) bond motifs is 4. The summed E-state index contributed by atoms with van der Waals surface area (Å²) in [7, 11) is 0. The van der Waals surface area contributed by atoms with Crippen molar-refractivity contribution in [3.8, 4) is 61.8 Å². The standard InChI is InChI=1S/C76H71N4O.Pt/c1-73(2,3)53-43-61(52-38-40-57(50-26-15-13-16-27-50)65(42-52)75(7,8)9)72(62(44-53)58-32-19-21-34-64(58)74(4,5)6)79-49-78(68-36-23-24-37-69(68)79)54-30-25-31-55(45-54)81-56-39-41-60-59-33-20-22-35-67(59)80(70(60)46-56)71-47-66(76(10,11)12)63(48-77-71)51-28-17-14-18-29-51;/h13-44,47-49H,1-12H3;/q-3;/i14D,17D,18D,28D,29D;. The molecule has 0 N–H and O–H groups in total. The first-order valence-electron chi connectivity index (χ1n) is 30.5. The number of hydrogen-bond acceptors (Lipinski definition) is 4. The number of para-hydroxylation sites is 3. The van der Waals surface area contributed by atoms with Crippen LogP contribution in [0.15, 0.2) is 206 Å². The van der Waals surface area contributed by atoms with E-state index in [4.69, 9.17) is 16.6 Å². The van der Waals surface area contributed by atoms with Crippen LogP contribution in [0.25, 0.3) is 72.1 Å². The predicted molar refractivity (Wildman–Crippen MR) is 341 cm³/mol. The molecule has 0 saturated carbocycles. The summed E-state index contributed by atoms with van der Waals surface area (Å²) in [6.45, 7) is 29.1. The van der Waals surface area contributed by atoms with Gasteiger partial charge in [0, 0.05) is 78.0 Å². The maximum absolute atomic E-state index is 8.87. The Morgan fingerprint density at radius 1 is 0.463 bits per heavy atom. The first-order valence-corrected chi connectivity index (χ1v) is 28.0. The van der Waals surface area contributed by atoms with E-state index < -0.39 is 11.5 Å². The zero-order valence-corrected chi connectivity index (χ0v) is 51.1. The van der Waals surface area contributed by atoms with Crippen molar-refractivity contribution in [3.05, 3.63) is 247 Å². The van der Waals surface area contributed by atoms with Gasteiger partial charge >= 0.3 is 0 Å². The van der Waals surface area contributed by atoms with Gasteiger partial charge in [-0.15, -0.1) is 48.1 Å². The number of pyridine rings is 1. The van der Waals surface area contributed by atoms with Crippen molar-refractivity contribution in [1.29, 1.82) is 0 Å². The van der Waals surface area contributed by atoms with Gasteiger partial charge in [0.1, 0.15) is 5.82 Å². The van der Waals surface area contributed by atoms with Crippen LogP contribution in [0.5, 0.6) is 11.5 Å². The molecule has 5 nitrogen and oxygen atoms in total. The monoisotopic (exact) mass is 1260 g/mol. The van der Waals surface area contributed by atoms with E-state index in [1.165, 1.54) is 33.4 Å². The van der Waals surface area contributed by atoms with E-state index in [1.54, 1.807) is 6.20 Å². The Kier molecular flexibility index (Phi) is 13.0. The summed E-state index contributed by atoms with van der Waals surface area (Å²) in [5.74, 6) is 1.57. The molecule has 3 heterocycles. The molecule has 0 bridgehead atoms. The van der Waals surface area contributed by atoms with E-state index in [-0.39, 0.29) is 67.0 Å². The fraction of sp³-hybridized carbons (Fsp3) is 0.211. The molecule has 9 aromatic carbocycles. The molecular formula is C76H71N4OPt-3. The fourth-order valence-electron chi connectivity index (χ4n) is 11.5. The smallest absolute Gasteiger partial charge is 0.135 e. The Balaban J connectivity index is 0.00000784. The van der Waals surface area contributed by atoms with Crippen LogP contribution in [0, 0.1) is 18.8 Å². The summed E-state index contributed by atoms with van der Waals surface area (Å²) in [4.78, 5) is 9.59. The zero-order valence-electron chi connectivity index (χ0n) is 53.8. The maximum Gasteiger partial charge on any atom is 0.135 e. The van der Waals surface area contributed by atoms with Gasteiger partial charge in [0.25, 0.3) is 0 Å². The second-order valence-electron chi connectivity index (χ2n) is 25.5. The normalized spacial score (nSPS) is 13.8. The third-order valence-electron chi connectivity index (χ3n) is 15.6. The van der Waals surface area contributed by atoms with E-state index in [9.17, 15) is 0 Å². The summed E-state index contributed by atoms with van der Waals surface area (Å²) < 4.78 is 51.8. The van der Waals surface area contributed by atoms with Gasteiger partial charge in [-0.3, -0.25) is 0 Å². The van der Waals surface area contributed by atoms with E-state index in [0.29, 0.717) is 22.9 Å².